The largest absolute Gasteiger partial charge is 0.480 e. The van der Waals surface area contributed by atoms with Gasteiger partial charge in [-0.25, -0.2) is 0 Å². The van der Waals surface area contributed by atoms with Crippen LogP contribution in [0.5, 0.6) is 0 Å². The first kappa shape index (κ1) is 26.1. The number of carboxylic acids is 1. The summed E-state index contributed by atoms with van der Waals surface area (Å²) in [4.78, 5) is 48.0. The van der Waals surface area contributed by atoms with Crippen LogP contribution in [0.4, 0.5) is 0 Å². The number of rotatable bonds is 13. The molecule has 0 aromatic rings. The normalized spacial score (nSPS) is 15.2. The van der Waals surface area contributed by atoms with Crippen LogP contribution in [0.15, 0.2) is 0 Å². The van der Waals surface area contributed by atoms with Crippen molar-refractivity contribution in [3.63, 3.8) is 0 Å². The smallest absolute Gasteiger partial charge is 0.325 e. The zero-order chi connectivity index (χ0) is 21.9. The summed E-state index contributed by atoms with van der Waals surface area (Å²) < 4.78 is 0. The van der Waals surface area contributed by atoms with Crippen LogP contribution in [0, 0.1) is 5.92 Å². The van der Waals surface area contributed by atoms with Crippen molar-refractivity contribution >= 4 is 35.5 Å². The SMILES string of the molecule is CSCCC(NC(=O)C(N)CO)C(=O)NC(CC(C)C)C(=O)NC(C)C(=O)O. The first-order chi connectivity index (χ1) is 13.0. The summed E-state index contributed by atoms with van der Waals surface area (Å²) in [5, 5.41) is 25.4. The lowest BCUT2D eigenvalue weighted by Gasteiger charge is -2.25. The van der Waals surface area contributed by atoms with E-state index in [0.29, 0.717) is 18.6 Å². The number of aliphatic hydroxyl groups excluding tert-OH is 1. The van der Waals surface area contributed by atoms with E-state index in [9.17, 15) is 19.2 Å². The number of hydrogen-bond acceptors (Lipinski definition) is 7. The van der Waals surface area contributed by atoms with Crippen molar-refractivity contribution in [1.29, 1.82) is 0 Å². The maximum absolute atomic E-state index is 12.7. The third-order valence-corrected chi connectivity index (χ3v) is 4.49. The van der Waals surface area contributed by atoms with Gasteiger partial charge in [-0.3, -0.25) is 19.2 Å². The molecule has 10 nitrogen and oxygen atoms in total. The Balaban J connectivity index is 5.24. The van der Waals surface area contributed by atoms with Gasteiger partial charge in [0.05, 0.1) is 6.61 Å². The van der Waals surface area contributed by atoms with Crippen LogP contribution < -0.4 is 21.7 Å². The minimum atomic E-state index is -1.19. The molecule has 162 valence electrons. The molecule has 0 heterocycles. The molecule has 0 aliphatic heterocycles. The lowest BCUT2D eigenvalue weighted by Crippen LogP contribution is -2.57. The Morgan fingerprint density at radius 1 is 0.964 bits per heavy atom. The van der Waals surface area contributed by atoms with Gasteiger partial charge >= 0.3 is 5.97 Å². The molecule has 0 saturated carbocycles. The van der Waals surface area contributed by atoms with Crippen molar-refractivity contribution < 1.29 is 29.4 Å². The Labute approximate surface area is 169 Å². The van der Waals surface area contributed by atoms with E-state index in [2.05, 4.69) is 16.0 Å². The predicted molar refractivity (Wildman–Crippen MR) is 107 cm³/mol. The van der Waals surface area contributed by atoms with E-state index >= 15 is 0 Å². The Hall–Kier alpha value is -1.85. The number of thioether (sulfide) groups is 1. The molecule has 7 N–H and O–H groups in total. The highest BCUT2D eigenvalue weighted by molar-refractivity contribution is 7.98. The van der Waals surface area contributed by atoms with Crippen LogP contribution in [-0.4, -0.2) is 76.7 Å². The van der Waals surface area contributed by atoms with E-state index < -0.39 is 54.5 Å². The minimum absolute atomic E-state index is 0.0539. The highest BCUT2D eigenvalue weighted by Crippen LogP contribution is 2.08. The van der Waals surface area contributed by atoms with E-state index in [0.717, 1.165) is 0 Å². The highest BCUT2D eigenvalue weighted by atomic mass is 32.2. The number of nitrogens with two attached hydrogens (primary N) is 1. The summed E-state index contributed by atoms with van der Waals surface area (Å²) in [5.41, 5.74) is 5.47. The molecule has 0 bridgehead atoms. The maximum Gasteiger partial charge on any atom is 0.325 e. The molecule has 0 spiro atoms. The molecule has 11 heteroatoms. The fourth-order valence-electron chi connectivity index (χ4n) is 2.22. The summed E-state index contributed by atoms with van der Waals surface area (Å²) in [6, 6.07) is -4.14. The molecular weight excluding hydrogens is 388 g/mol. The average molecular weight is 421 g/mol. The molecule has 0 fully saturated rings. The van der Waals surface area contributed by atoms with E-state index in [-0.39, 0.29) is 5.92 Å². The van der Waals surface area contributed by atoms with Crippen molar-refractivity contribution in [1.82, 2.24) is 16.0 Å². The van der Waals surface area contributed by atoms with Crippen LogP contribution in [0.25, 0.3) is 0 Å². The summed E-state index contributed by atoms with van der Waals surface area (Å²) >= 11 is 1.48. The average Bonchev–Trinajstić information content (AvgIpc) is 2.62. The summed E-state index contributed by atoms with van der Waals surface area (Å²) in [6.07, 6.45) is 2.44. The van der Waals surface area contributed by atoms with Crippen LogP contribution in [-0.2, 0) is 19.2 Å². The third-order valence-electron chi connectivity index (χ3n) is 3.85. The van der Waals surface area contributed by atoms with Crippen molar-refractivity contribution in [2.45, 2.75) is 57.8 Å². The summed E-state index contributed by atoms with van der Waals surface area (Å²) in [6.45, 7) is 4.49. The molecule has 0 aliphatic rings. The molecule has 0 aliphatic carbocycles. The molecule has 0 rings (SSSR count). The zero-order valence-corrected chi connectivity index (χ0v) is 17.5. The van der Waals surface area contributed by atoms with Gasteiger partial charge in [-0.1, -0.05) is 13.8 Å². The molecule has 4 unspecified atom stereocenters. The van der Waals surface area contributed by atoms with Crippen LogP contribution in [0.1, 0.15) is 33.6 Å². The van der Waals surface area contributed by atoms with E-state index in [4.69, 9.17) is 15.9 Å². The van der Waals surface area contributed by atoms with E-state index in [1.807, 2.05) is 20.1 Å². The Kier molecular flexibility index (Phi) is 12.5. The number of carbonyl (C=O) groups is 4. The number of aliphatic hydroxyl groups is 1. The van der Waals surface area contributed by atoms with Crippen molar-refractivity contribution in [3.8, 4) is 0 Å². The molecular formula is C17H32N4O6S. The molecule has 3 amide bonds. The van der Waals surface area contributed by atoms with Crippen molar-refractivity contribution in [3.05, 3.63) is 0 Å². The van der Waals surface area contributed by atoms with Gasteiger partial charge in [-0.2, -0.15) is 11.8 Å². The lowest BCUT2D eigenvalue weighted by atomic mass is 10.0. The van der Waals surface area contributed by atoms with Gasteiger partial charge in [0.1, 0.15) is 24.2 Å². The molecule has 0 aromatic heterocycles. The molecule has 28 heavy (non-hydrogen) atoms. The monoisotopic (exact) mass is 420 g/mol. The molecule has 0 saturated heterocycles. The van der Waals surface area contributed by atoms with Crippen LogP contribution >= 0.6 is 11.8 Å². The molecule has 4 atom stereocenters. The number of aliphatic carboxylic acids is 1. The number of carboxylic acid groups (broad SMARTS) is 1. The standard InChI is InChI=1S/C17H32N4O6S/c1-9(2)7-13(16(25)19-10(3)17(26)27)21-15(24)12(5-6-28-4)20-14(23)11(18)8-22/h9-13,22H,5-8,18H2,1-4H3,(H,19,25)(H,20,23)(H,21,24)(H,26,27). The van der Waals surface area contributed by atoms with E-state index in [1.54, 1.807) is 0 Å². The quantitative estimate of drug-likeness (QED) is 0.213. The second-order valence-corrected chi connectivity index (χ2v) is 7.88. The van der Waals surface area contributed by atoms with Gasteiger partial charge < -0.3 is 31.9 Å². The highest BCUT2D eigenvalue weighted by Gasteiger charge is 2.29. The van der Waals surface area contributed by atoms with Crippen molar-refractivity contribution in [2.75, 3.05) is 18.6 Å². The maximum atomic E-state index is 12.7. The van der Waals surface area contributed by atoms with E-state index in [1.165, 1.54) is 18.7 Å². The zero-order valence-electron chi connectivity index (χ0n) is 16.7. The number of nitrogens with one attached hydrogen (secondary N) is 3. The Morgan fingerprint density at radius 3 is 1.96 bits per heavy atom. The van der Waals surface area contributed by atoms with Crippen molar-refractivity contribution in [2.24, 2.45) is 11.7 Å². The minimum Gasteiger partial charge on any atom is -0.480 e. The Bertz CT molecular complexity index is 546. The van der Waals surface area contributed by atoms with Gasteiger partial charge in [0.15, 0.2) is 0 Å². The summed E-state index contributed by atoms with van der Waals surface area (Å²) in [5.74, 6) is -2.42. The molecule has 0 aromatic carbocycles. The fourth-order valence-corrected chi connectivity index (χ4v) is 2.69. The van der Waals surface area contributed by atoms with Gasteiger partial charge in [-0.05, 0) is 37.7 Å². The van der Waals surface area contributed by atoms with Gasteiger partial charge in [0.2, 0.25) is 17.7 Å². The topological polar surface area (TPSA) is 171 Å². The van der Waals surface area contributed by atoms with Gasteiger partial charge in [-0.15, -0.1) is 0 Å². The van der Waals surface area contributed by atoms with Gasteiger partial charge in [0, 0.05) is 0 Å². The van der Waals surface area contributed by atoms with Crippen LogP contribution in [0.3, 0.4) is 0 Å². The first-order valence-electron chi connectivity index (χ1n) is 9.02. The number of hydrogen-bond donors (Lipinski definition) is 6. The fraction of sp³-hybridized carbons (Fsp3) is 0.765. The second kappa shape index (κ2) is 13.3. The number of amides is 3. The second-order valence-electron chi connectivity index (χ2n) is 6.89. The number of carbonyl (C=O) groups excluding carboxylic acids is 3. The summed E-state index contributed by atoms with van der Waals surface area (Å²) in [7, 11) is 0. The van der Waals surface area contributed by atoms with Crippen LogP contribution in [0.2, 0.25) is 0 Å². The van der Waals surface area contributed by atoms with Gasteiger partial charge in [0.25, 0.3) is 0 Å². The first-order valence-corrected chi connectivity index (χ1v) is 10.4. The Morgan fingerprint density at radius 2 is 1.50 bits per heavy atom. The third kappa shape index (κ3) is 9.90. The predicted octanol–water partition coefficient (Wildman–Crippen LogP) is -1.34. The molecule has 0 radical (unpaired) electrons. The lowest BCUT2D eigenvalue weighted by molar-refractivity contribution is -0.142.